The molecule has 0 saturated carbocycles. The van der Waals surface area contributed by atoms with Gasteiger partial charge in [-0.1, -0.05) is 63.2 Å². The summed E-state index contributed by atoms with van der Waals surface area (Å²) in [4.78, 5) is 12.3. The summed E-state index contributed by atoms with van der Waals surface area (Å²) in [7, 11) is 0. The number of amides is 1. The van der Waals surface area contributed by atoms with Gasteiger partial charge in [0.05, 0.1) is 6.04 Å². The zero-order chi connectivity index (χ0) is 17.7. The molecule has 2 atom stereocenters. The van der Waals surface area contributed by atoms with Crippen LogP contribution < -0.4 is 10.1 Å². The zero-order valence-electron chi connectivity index (χ0n) is 15.2. The van der Waals surface area contributed by atoms with E-state index < -0.39 is 6.10 Å². The molecule has 3 nitrogen and oxygen atoms in total. The molecule has 2 aromatic rings. The molecule has 0 bridgehead atoms. The van der Waals surface area contributed by atoms with Gasteiger partial charge in [0.15, 0.2) is 6.10 Å². The smallest absolute Gasteiger partial charge is 0.261 e. The molecule has 0 saturated heterocycles. The van der Waals surface area contributed by atoms with Crippen molar-refractivity contribution in [2.45, 2.75) is 52.2 Å². The van der Waals surface area contributed by atoms with E-state index in [1.54, 1.807) is 6.92 Å². The average Bonchev–Trinajstić information content (AvgIpc) is 2.55. The Hall–Kier alpha value is -2.29. The molecule has 0 aliphatic carbocycles. The van der Waals surface area contributed by atoms with Crippen LogP contribution in [0.1, 0.15) is 51.8 Å². The first-order valence-electron chi connectivity index (χ1n) is 8.40. The van der Waals surface area contributed by atoms with Crippen LogP contribution >= 0.6 is 0 Å². The minimum Gasteiger partial charge on any atom is -0.481 e. The quantitative estimate of drug-likeness (QED) is 0.870. The van der Waals surface area contributed by atoms with Gasteiger partial charge in [0.25, 0.3) is 5.91 Å². The predicted molar refractivity (Wildman–Crippen MR) is 98.2 cm³/mol. The summed E-state index contributed by atoms with van der Waals surface area (Å²) in [6, 6.07) is 17.7. The van der Waals surface area contributed by atoms with Crippen LogP contribution in [0.25, 0.3) is 0 Å². The first-order chi connectivity index (χ1) is 11.3. The third-order valence-corrected chi connectivity index (χ3v) is 4.06. The lowest BCUT2D eigenvalue weighted by molar-refractivity contribution is -0.127. The van der Waals surface area contributed by atoms with Crippen LogP contribution in [-0.2, 0) is 10.2 Å². The van der Waals surface area contributed by atoms with Crippen LogP contribution in [-0.4, -0.2) is 12.0 Å². The number of carbonyl (C=O) groups is 1. The van der Waals surface area contributed by atoms with E-state index in [1.165, 1.54) is 5.56 Å². The minimum absolute atomic E-state index is 0.0617. The lowest BCUT2D eigenvalue weighted by Gasteiger charge is -2.22. The summed E-state index contributed by atoms with van der Waals surface area (Å²) in [6.07, 6.45) is -0.538. The van der Waals surface area contributed by atoms with Crippen molar-refractivity contribution >= 4 is 5.91 Å². The van der Waals surface area contributed by atoms with Gasteiger partial charge in [-0.3, -0.25) is 4.79 Å². The number of para-hydroxylation sites is 1. The van der Waals surface area contributed by atoms with Crippen LogP contribution in [0.2, 0.25) is 0 Å². The van der Waals surface area contributed by atoms with Crippen LogP contribution in [0.15, 0.2) is 54.6 Å². The fraction of sp³-hybridized carbons (Fsp3) is 0.381. The van der Waals surface area contributed by atoms with E-state index in [2.05, 4.69) is 50.4 Å². The molecule has 0 aliphatic heterocycles. The number of hydrogen-bond donors (Lipinski definition) is 1. The van der Waals surface area contributed by atoms with Gasteiger partial charge in [-0.2, -0.15) is 0 Å². The summed E-state index contributed by atoms with van der Waals surface area (Å²) in [5.41, 5.74) is 2.50. The molecule has 0 unspecified atom stereocenters. The minimum atomic E-state index is -0.538. The van der Waals surface area contributed by atoms with Gasteiger partial charge in [-0.25, -0.2) is 0 Å². The highest BCUT2D eigenvalue weighted by Gasteiger charge is 2.18. The van der Waals surface area contributed by atoms with Crippen molar-refractivity contribution in [2.75, 3.05) is 0 Å². The highest BCUT2D eigenvalue weighted by Crippen LogP contribution is 2.24. The standard InChI is InChI=1S/C21H27NO2/c1-15(17-11-13-18(14-12-17)21(3,4)5)22-20(23)16(2)24-19-9-7-6-8-10-19/h6-16H,1-5H3,(H,22,23)/t15-,16+/m1/s1. The fourth-order valence-electron chi connectivity index (χ4n) is 2.44. The third-order valence-electron chi connectivity index (χ3n) is 4.06. The second kappa shape index (κ2) is 7.52. The SMILES string of the molecule is C[C@H](Oc1ccccc1)C(=O)N[C@H](C)c1ccc(C(C)(C)C)cc1. The summed E-state index contributed by atoms with van der Waals surface area (Å²) in [6.45, 7) is 10.3. The number of benzene rings is 2. The molecule has 2 aromatic carbocycles. The molecule has 3 heteroatoms. The van der Waals surface area contributed by atoms with E-state index >= 15 is 0 Å². The van der Waals surface area contributed by atoms with Crippen molar-refractivity contribution in [3.63, 3.8) is 0 Å². The second-order valence-corrected chi connectivity index (χ2v) is 7.18. The van der Waals surface area contributed by atoms with E-state index in [9.17, 15) is 4.79 Å². The van der Waals surface area contributed by atoms with Crippen molar-refractivity contribution in [1.29, 1.82) is 0 Å². The van der Waals surface area contributed by atoms with Gasteiger partial charge in [0.1, 0.15) is 5.75 Å². The summed E-state index contributed by atoms with van der Waals surface area (Å²) in [5, 5.41) is 3.01. The molecular formula is C21H27NO2. The fourth-order valence-corrected chi connectivity index (χ4v) is 2.44. The van der Waals surface area contributed by atoms with E-state index in [0.29, 0.717) is 5.75 Å². The maximum atomic E-state index is 12.3. The normalized spacial score (nSPS) is 13.9. The molecule has 0 fully saturated rings. The molecular weight excluding hydrogens is 298 g/mol. The Labute approximate surface area is 145 Å². The van der Waals surface area contributed by atoms with Crippen molar-refractivity contribution in [3.8, 4) is 5.75 Å². The van der Waals surface area contributed by atoms with Gasteiger partial charge in [0.2, 0.25) is 0 Å². The van der Waals surface area contributed by atoms with Crippen molar-refractivity contribution in [2.24, 2.45) is 0 Å². The number of rotatable bonds is 5. The monoisotopic (exact) mass is 325 g/mol. The van der Waals surface area contributed by atoms with E-state index in [0.717, 1.165) is 5.56 Å². The molecule has 24 heavy (non-hydrogen) atoms. The molecule has 2 rings (SSSR count). The zero-order valence-corrected chi connectivity index (χ0v) is 15.2. The van der Waals surface area contributed by atoms with Crippen molar-refractivity contribution in [1.82, 2.24) is 5.32 Å². The molecule has 128 valence electrons. The van der Waals surface area contributed by atoms with E-state index in [4.69, 9.17) is 4.74 Å². The van der Waals surface area contributed by atoms with Gasteiger partial charge in [0, 0.05) is 0 Å². The first-order valence-corrected chi connectivity index (χ1v) is 8.40. The average molecular weight is 325 g/mol. The predicted octanol–water partition coefficient (Wildman–Crippen LogP) is 4.63. The lowest BCUT2D eigenvalue weighted by Crippen LogP contribution is -2.37. The van der Waals surface area contributed by atoms with Crippen LogP contribution in [0.4, 0.5) is 0 Å². The van der Waals surface area contributed by atoms with Crippen LogP contribution in [0, 0.1) is 0 Å². The maximum Gasteiger partial charge on any atom is 0.261 e. The Balaban J connectivity index is 1.95. The highest BCUT2D eigenvalue weighted by molar-refractivity contribution is 5.81. The van der Waals surface area contributed by atoms with Crippen molar-refractivity contribution in [3.05, 3.63) is 65.7 Å². The second-order valence-electron chi connectivity index (χ2n) is 7.18. The Morgan fingerprint density at radius 1 is 0.958 bits per heavy atom. The topological polar surface area (TPSA) is 38.3 Å². The van der Waals surface area contributed by atoms with Gasteiger partial charge in [-0.15, -0.1) is 0 Å². The molecule has 0 radical (unpaired) electrons. The summed E-state index contributed by atoms with van der Waals surface area (Å²) < 4.78 is 5.66. The molecule has 1 N–H and O–H groups in total. The number of ether oxygens (including phenoxy) is 1. The number of nitrogens with one attached hydrogen (secondary N) is 1. The molecule has 1 amide bonds. The number of carbonyl (C=O) groups excluding carboxylic acids is 1. The van der Waals surface area contributed by atoms with Gasteiger partial charge in [-0.05, 0) is 42.5 Å². The first kappa shape index (κ1) is 18.1. The Kier molecular flexibility index (Phi) is 5.66. The molecule has 0 heterocycles. The van der Waals surface area contributed by atoms with Gasteiger partial charge >= 0.3 is 0 Å². The largest absolute Gasteiger partial charge is 0.481 e. The van der Waals surface area contributed by atoms with E-state index in [1.807, 2.05) is 37.3 Å². The summed E-state index contributed by atoms with van der Waals surface area (Å²) >= 11 is 0. The molecule has 0 spiro atoms. The number of hydrogen-bond acceptors (Lipinski definition) is 2. The summed E-state index contributed by atoms with van der Waals surface area (Å²) in [5.74, 6) is 0.577. The van der Waals surface area contributed by atoms with Crippen LogP contribution in [0.3, 0.4) is 0 Å². The lowest BCUT2D eigenvalue weighted by atomic mass is 9.86. The van der Waals surface area contributed by atoms with Gasteiger partial charge < -0.3 is 10.1 Å². The Morgan fingerprint density at radius 3 is 2.08 bits per heavy atom. The molecule has 0 aliphatic rings. The maximum absolute atomic E-state index is 12.3. The molecule has 0 aromatic heterocycles. The Bertz CT molecular complexity index is 656. The van der Waals surface area contributed by atoms with Crippen molar-refractivity contribution < 1.29 is 9.53 Å². The van der Waals surface area contributed by atoms with Crippen LogP contribution in [0.5, 0.6) is 5.75 Å². The highest BCUT2D eigenvalue weighted by atomic mass is 16.5. The van der Waals surface area contributed by atoms with E-state index in [-0.39, 0.29) is 17.4 Å². The third kappa shape index (κ3) is 4.85. The Morgan fingerprint density at radius 2 is 1.54 bits per heavy atom.